The van der Waals surface area contributed by atoms with Crippen molar-refractivity contribution in [1.82, 2.24) is 5.32 Å². The normalized spacial score (nSPS) is 19.0. The molecule has 1 heterocycles. The highest BCUT2D eigenvalue weighted by Gasteiger charge is 2.25. The first kappa shape index (κ1) is 13.8. The average Bonchev–Trinajstić information content (AvgIpc) is 2.30. The van der Waals surface area contributed by atoms with Gasteiger partial charge in [0.05, 0.1) is 11.5 Å². The molecule has 2 rings (SSSR count). The molecule has 1 amide bonds. The molecule has 1 aliphatic rings. The maximum Gasteiger partial charge on any atom is 0.251 e. The molecule has 0 unspecified atom stereocenters. The number of halogens is 1. The number of hydrogen-bond acceptors (Lipinski definition) is 4. The first-order valence-electron chi connectivity index (χ1n) is 5.93. The summed E-state index contributed by atoms with van der Waals surface area (Å²) in [6.07, 6.45) is 0.776. The van der Waals surface area contributed by atoms with Crippen LogP contribution in [-0.4, -0.2) is 31.9 Å². The van der Waals surface area contributed by atoms with Crippen molar-refractivity contribution in [3.63, 3.8) is 0 Å². The largest absolute Gasteiger partial charge is 0.399 e. The Morgan fingerprint density at radius 3 is 2.47 bits per heavy atom. The number of nitrogens with one attached hydrogen (secondary N) is 1. The van der Waals surface area contributed by atoms with E-state index in [0.29, 0.717) is 12.8 Å². The molecular formula is C12H15FN2O3S. The van der Waals surface area contributed by atoms with Gasteiger partial charge in [-0.1, -0.05) is 0 Å². The number of nitrogens with two attached hydrogens (primary N) is 1. The van der Waals surface area contributed by atoms with Gasteiger partial charge in [0, 0.05) is 17.3 Å². The molecule has 1 saturated heterocycles. The Bertz CT molecular complexity index is 567. The van der Waals surface area contributed by atoms with Gasteiger partial charge >= 0.3 is 0 Å². The molecule has 7 heteroatoms. The molecule has 0 atom stereocenters. The average molecular weight is 286 g/mol. The number of carbonyl (C=O) groups is 1. The van der Waals surface area contributed by atoms with Crippen molar-refractivity contribution in [3.8, 4) is 0 Å². The molecule has 1 aromatic rings. The van der Waals surface area contributed by atoms with Gasteiger partial charge in [0.25, 0.3) is 5.91 Å². The number of benzene rings is 1. The van der Waals surface area contributed by atoms with Gasteiger partial charge in [-0.2, -0.15) is 0 Å². The van der Waals surface area contributed by atoms with Crippen LogP contribution in [-0.2, 0) is 9.84 Å². The fourth-order valence-corrected chi connectivity index (χ4v) is 3.54. The molecule has 19 heavy (non-hydrogen) atoms. The summed E-state index contributed by atoms with van der Waals surface area (Å²) in [7, 11) is -2.96. The highest BCUT2D eigenvalue weighted by molar-refractivity contribution is 7.91. The zero-order chi connectivity index (χ0) is 14.0. The fourth-order valence-electron chi connectivity index (χ4n) is 2.05. The highest BCUT2D eigenvalue weighted by atomic mass is 32.2. The molecule has 1 aliphatic heterocycles. The van der Waals surface area contributed by atoms with E-state index in [1.807, 2.05) is 0 Å². The lowest BCUT2D eigenvalue weighted by atomic mass is 10.1. The second-order valence-corrected chi connectivity index (χ2v) is 6.98. The Morgan fingerprint density at radius 1 is 1.26 bits per heavy atom. The Labute approximate surface area is 110 Å². The molecule has 0 radical (unpaired) electrons. The first-order valence-corrected chi connectivity index (χ1v) is 7.75. The quantitative estimate of drug-likeness (QED) is 0.784. The predicted molar refractivity (Wildman–Crippen MR) is 70.0 cm³/mol. The van der Waals surface area contributed by atoms with Crippen molar-refractivity contribution >= 4 is 21.4 Å². The van der Waals surface area contributed by atoms with E-state index >= 15 is 0 Å². The van der Waals surface area contributed by atoms with Gasteiger partial charge in [-0.3, -0.25) is 4.79 Å². The molecule has 1 fully saturated rings. The molecule has 5 nitrogen and oxygen atoms in total. The van der Waals surface area contributed by atoms with Gasteiger partial charge in [0.1, 0.15) is 15.7 Å². The number of carbonyl (C=O) groups excluding carboxylic acids is 1. The minimum absolute atomic E-state index is 0.0727. The first-order chi connectivity index (χ1) is 8.85. The Kier molecular flexibility index (Phi) is 3.75. The van der Waals surface area contributed by atoms with Crippen LogP contribution in [0.15, 0.2) is 18.2 Å². The van der Waals surface area contributed by atoms with E-state index in [2.05, 4.69) is 5.32 Å². The van der Waals surface area contributed by atoms with Crippen molar-refractivity contribution in [2.45, 2.75) is 18.9 Å². The van der Waals surface area contributed by atoms with Crippen LogP contribution >= 0.6 is 0 Å². The Morgan fingerprint density at radius 2 is 1.89 bits per heavy atom. The Balaban J connectivity index is 2.02. The number of amides is 1. The van der Waals surface area contributed by atoms with Gasteiger partial charge in [-0.15, -0.1) is 0 Å². The molecule has 0 saturated carbocycles. The van der Waals surface area contributed by atoms with Crippen molar-refractivity contribution in [1.29, 1.82) is 0 Å². The van der Waals surface area contributed by atoms with Crippen molar-refractivity contribution in [2.75, 3.05) is 17.2 Å². The predicted octanol–water partition coefficient (Wildman–Crippen LogP) is 0.715. The maximum absolute atomic E-state index is 13.1. The van der Waals surface area contributed by atoms with Crippen LogP contribution in [0.1, 0.15) is 23.2 Å². The lowest BCUT2D eigenvalue weighted by molar-refractivity contribution is 0.0934. The van der Waals surface area contributed by atoms with Crippen LogP contribution in [0.2, 0.25) is 0 Å². The minimum atomic E-state index is -2.96. The summed E-state index contributed by atoms with van der Waals surface area (Å²) in [6, 6.07) is 3.42. The summed E-state index contributed by atoms with van der Waals surface area (Å²) in [5, 5.41) is 2.70. The minimum Gasteiger partial charge on any atom is -0.399 e. The van der Waals surface area contributed by atoms with Gasteiger partial charge in [-0.25, -0.2) is 12.8 Å². The highest BCUT2D eigenvalue weighted by Crippen LogP contribution is 2.14. The van der Waals surface area contributed by atoms with Crippen molar-refractivity contribution in [2.24, 2.45) is 0 Å². The van der Waals surface area contributed by atoms with Gasteiger partial charge in [-0.05, 0) is 31.0 Å². The number of sulfone groups is 1. The zero-order valence-corrected chi connectivity index (χ0v) is 11.0. The lowest BCUT2D eigenvalue weighted by Gasteiger charge is -2.23. The third-order valence-corrected chi connectivity index (χ3v) is 4.79. The summed E-state index contributed by atoms with van der Waals surface area (Å²) >= 11 is 0. The SMILES string of the molecule is Nc1cc(F)cc(C(=O)NC2CCS(=O)(=O)CC2)c1. The maximum atomic E-state index is 13.1. The van der Waals surface area contributed by atoms with E-state index in [1.54, 1.807) is 0 Å². The molecule has 0 aromatic heterocycles. The van der Waals surface area contributed by atoms with Crippen LogP contribution in [0.25, 0.3) is 0 Å². The van der Waals surface area contributed by atoms with Crippen LogP contribution in [0, 0.1) is 5.82 Å². The molecule has 104 valence electrons. The van der Waals surface area contributed by atoms with Crippen LogP contribution < -0.4 is 11.1 Å². The lowest BCUT2D eigenvalue weighted by Crippen LogP contribution is -2.40. The third-order valence-electron chi connectivity index (χ3n) is 3.07. The van der Waals surface area contributed by atoms with Gasteiger partial charge < -0.3 is 11.1 Å². The van der Waals surface area contributed by atoms with Gasteiger partial charge in [0.15, 0.2) is 0 Å². The van der Waals surface area contributed by atoms with Crippen LogP contribution in [0.4, 0.5) is 10.1 Å². The van der Waals surface area contributed by atoms with E-state index < -0.39 is 21.6 Å². The van der Waals surface area contributed by atoms with Gasteiger partial charge in [0.2, 0.25) is 0 Å². The van der Waals surface area contributed by atoms with E-state index in [9.17, 15) is 17.6 Å². The number of nitrogen functional groups attached to an aromatic ring is 1. The second-order valence-electron chi connectivity index (χ2n) is 4.67. The summed E-state index contributed by atoms with van der Waals surface area (Å²) in [5.41, 5.74) is 5.79. The molecule has 1 aromatic carbocycles. The summed E-state index contributed by atoms with van der Waals surface area (Å²) in [5.74, 6) is -0.862. The third kappa shape index (κ3) is 3.66. The standard InChI is InChI=1S/C12H15FN2O3S/c13-9-5-8(6-10(14)7-9)12(16)15-11-1-3-19(17,18)4-2-11/h5-7,11H,1-4,14H2,(H,15,16). The number of hydrogen-bond donors (Lipinski definition) is 2. The number of rotatable bonds is 2. The molecule has 0 bridgehead atoms. The summed E-state index contributed by atoms with van der Waals surface area (Å²) in [4.78, 5) is 11.9. The molecule has 0 aliphatic carbocycles. The van der Waals surface area contributed by atoms with E-state index in [4.69, 9.17) is 5.73 Å². The van der Waals surface area contributed by atoms with Crippen LogP contribution in [0.3, 0.4) is 0 Å². The number of anilines is 1. The molecule has 3 N–H and O–H groups in total. The summed E-state index contributed by atoms with van der Waals surface area (Å²) in [6.45, 7) is 0. The van der Waals surface area contributed by atoms with E-state index in [1.165, 1.54) is 6.07 Å². The van der Waals surface area contributed by atoms with Crippen molar-refractivity contribution < 1.29 is 17.6 Å². The van der Waals surface area contributed by atoms with E-state index in [0.717, 1.165) is 12.1 Å². The topological polar surface area (TPSA) is 89.3 Å². The van der Waals surface area contributed by atoms with E-state index in [-0.39, 0.29) is 28.8 Å². The smallest absolute Gasteiger partial charge is 0.251 e. The molecule has 0 spiro atoms. The fraction of sp³-hybridized carbons (Fsp3) is 0.417. The monoisotopic (exact) mass is 286 g/mol. The van der Waals surface area contributed by atoms with Crippen LogP contribution in [0.5, 0.6) is 0 Å². The van der Waals surface area contributed by atoms with Crippen molar-refractivity contribution in [3.05, 3.63) is 29.6 Å². The summed E-state index contributed by atoms with van der Waals surface area (Å²) < 4.78 is 35.7. The zero-order valence-electron chi connectivity index (χ0n) is 10.2. The molecular weight excluding hydrogens is 271 g/mol. The Hall–Kier alpha value is -1.63. The second kappa shape index (κ2) is 5.16.